The van der Waals surface area contributed by atoms with Crippen molar-refractivity contribution < 1.29 is 19.5 Å². The molecule has 0 bridgehead atoms. The number of carboxylic acid groups (broad SMARTS) is 1. The Bertz CT molecular complexity index is 412. The minimum atomic E-state index is -1.12. The zero-order valence-electron chi connectivity index (χ0n) is 8.03. The van der Waals surface area contributed by atoms with Crippen LogP contribution in [0, 0.1) is 0 Å². The minimum absolute atomic E-state index is 0.215. The third-order valence-electron chi connectivity index (χ3n) is 2.60. The summed E-state index contributed by atoms with van der Waals surface area (Å²) in [5, 5.41) is 11.7. The number of fused-ring (bicyclic) bond motifs is 1. The van der Waals surface area contributed by atoms with Crippen LogP contribution in [-0.2, 0) is 14.4 Å². The van der Waals surface area contributed by atoms with Gasteiger partial charge in [-0.25, -0.2) is 4.79 Å². The Hall–Kier alpha value is -1.91. The van der Waals surface area contributed by atoms with Crippen LogP contribution in [0.2, 0.25) is 0 Å². The first kappa shape index (κ1) is 9.64. The molecule has 2 N–H and O–H groups in total. The van der Waals surface area contributed by atoms with Gasteiger partial charge in [0, 0.05) is 18.2 Å². The van der Waals surface area contributed by atoms with Gasteiger partial charge in [0.1, 0.15) is 5.54 Å². The van der Waals surface area contributed by atoms with E-state index in [4.69, 9.17) is 5.11 Å². The van der Waals surface area contributed by atoms with Gasteiger partial charge in [0.2, 0.25) is 11.6 Å². The maximum Gasteiger partial charge on any atom is 0.329 e. The van der Waals surface area contributed by atoms with E-state index >= 15 is 0 Å². The lowest BCUT2D eigenvalue weighted by atomic mass is 9.95. The molecule has 2 aliphatic rings. The number of ketones is 2. The van der Waals surface area contributed by atoms with Crippen molar-refractivity contribution in [2.24, 2.45) is 0 Å². The van der Waals surface area contributed by atoms with E-state index in [9.17, 15) is 14.4 Å². The summed E-state index contributed by atoms with van der Waals surface area (Å²) >= 11 is 0. The Morgan fingerprint density at radius 3 is 2.60 bits per heavy atom. The van der Waals surface area contributed by atoms with Gasteiger partial charge in [0.25, 0.3) is 0 Å². The van der Waals surface area contributed by atoms with Crippen molar-refractivity contribution in [2.45, 2.75) is 18.9 Å². The van der Waals surface area contributed by atoms with Crippen LogP contribution in [0.1, 0.15) is 13.3 Å². The Morgan fingerprint density at radius 2 is 2.00 bits per heavy atom. The summed E-state index contributed by atoms with van der Waals surface area (Å²) in [4.78, 5) is 33.1. The average molecular weight is 207 g/mol. The Morgan fingerprint density at radius 1 is 1.40 bits per heavy atom. The predicted molar refractivity (Wildman–Crippen MR) is 50.0 cm³/mol. The number of carboxylic acids is 1. The molecule has 2 rings (SSSR count). The summed E-state index contributed by atoms with van der Waals surface area (Å²) in [6.07, 6.45) is 2.58. The molecule has 0 aromatic heterocycles. The van der Waals surface area contributed by atoms with E-state index in [1.54, 1.807) is 0 Å². The second-order valence-electron chi connectivity index (χ2n) is 3.90. The molecule has 1 saturated heterocycles. The van der Waals surface area contributed by atoms with Crippen LogP contribution in [0.5, 0.6) is 0 Å². The molecule has 0 spiro atoms. The van der Waals surface area contributed by atoms with Crippen molar-refractivity contribution in [3.63, 3.8) is 0 Å². The van der Waals surface area contributed by atoms with Crippen LogP contribution in [-0.4, -0.2) is 28.2 Å². The summed E-state index contributed by atoms with van der Waals surface area (Å²) in [6.45, 7) is 1.52. The Kier molecular flexibility index (Phi) is 1.79. The summed E-state index contributed by atoms with van der Waals surface area (Å²) in [5.74, 6) is -2.21. The molecular formula is C10H9NO4. The maximum absolute atomic E-state index is 11.1. The van der Waals surface area contributed by atoms with E-state index in [1.807, 2.05) is 0 Å². The quantitative estimate of drug-likeness (QED) is 0.459. The molecule has 0 aromatic carbocycles. The Balaban J connectivity index is 2.40. The number of allylic oxidation sites excluding steroid dienone is 3. The molecule has 15 heavy (non-hydrogen) atoms. The van der Waals surface area contributed by atoms with E-state index < -0.39 is 23.1 Å². The van der Waals surface area contributed by atoms with Crippen LogP contribution in [0.25, 0.3) is 0 Å². The van der Waals surface area contributed by atoms with Crippen molar-refractivity contribution in [2.75, 3.05) is 0 Å². The summed E-state index contributed by atoms with van der Waals surface area (Å²) in [6, 6.07) is 0. The van der Waals surface area contributed by atoms with Crippen molar-refractivity contribution >= 4 is 17.5 Å². The van der Waals surface area contributed by atoms with Crippen molar-refractivity contribution in [1.82, 2.24) is 5.32 Å². The third kappa shape index (κ3) is 1.36. The minimum Gasteiger partial charge on any atom is -0.480 e. The zero-order valence-corrected chi connectivity index (χ0v) is 8.03. The monoisotopic (exact) mass is 207 g/mol. The smallest absolute Gasteiger partial charge is 0.329 e. The largest absolute Gasteiger partial charge is 0.480 e. The first-order valence-corrected chi connectivity index (χ1v) is 4.45. The molecule has 5 heteroatoms. The van der Waals surface area contributed by atoms with E-state index in [1.165, 1.54) is 13.0 Å². The van der Waals surface area contributed by atoms with Gasteiger partial charge in [-0.1, -0.05) is 0 Å². The Labute approximate surface area is 85.5 Å². The van der Waals surface area contributed by atoms with Crippen LogP contribution < -0.4 is 5.32 Å². The first-order chi connectivity index (χ1) is 6.92. The molecule has 0 aromatic rings. The third-order valence-corrected chi connectivity index (χ3v) is 2.60. The molecule has 1 aliphatic heterocycles. The zero-order chi connectivity index (χ0) is 11.2. The highest BCUT2D eigenvalue weighted by Crippen LogP contribution is 2.32. The number of nitrogens with one attached hydrogen (secondary N) is 1. The van der Waals surface area contributed by atoms with E-state index in [0.717, 1.165) is 6.08 Å². The molecule has 0 saturated carbocycles. The summed E-state index contributed by atoms with van der Waals surface area (Å²) in [7, 11) is 0. The maximum atomic E-state index is 11.1. The van der Waals surface area contributed by atoms with Gasteiger partial charge in [0.05, 0.1) is 0 Å². The highest BCUT2D eigenvalue weighted by molar-refractivity contribution is 6.46. The van der Waals surface area contributed by atoms with Gasteiger partial charge in [-0.2, -0.15) is 0 Å². The second-order valence-corrected chi connectivity index (χ2v) is 3.90. The fourth-order valence-corrected chi connectivity index (χ4v) is 1.72. The highest BCUT2D eigenvalue weighted by atomic mass is 16.4. The fourth-order valence-electron chi connectivity index (χ4n) is 1.72. The molecule has 5 nitrogen and oxygen atoms in total. The predicted octanol–water partition coefficient (Wildman–Crippen LogP) is -0.215. The second kappa shape index (κ2) is 2.79. The lowest BCUT2D eigenvalue weighted by Crippen LogP contribution is -2.43. The van der Waals surface area contributed by atoms with Gasteiger partial charge in [-0.3, -0.25) is 9.59 Å². The van der Waals surface area contributed by atoms with Gasteiger partial charge in [0.15, 0.2) is 0 Å². The molecule has 1 atom stereocenters. The molecule has 1 fully saturated rings. The standard InChI is InChI=1S/C10H9NO4/c1-10(9(14)15)4-5-2-7(12)8(13)3-6(5)11-10/h2-3,11H,4H2,1H3,(H,14,15). The molecule has 1 unspecified atom stereocenters. The number of hydrogen-bond donors (Lipinski definition) is 2. The van der Waals surface area contributed by atoms with Crippen LogP contribution >= 0.6 is 0 Å². The van der Waals surface area contributed by atoms with E-state index in [-0.39, 0.29) is 6.42 Å². The molecule has 78 valence electrons. The molecular weight excluding hydrogens is 198 g/mol. The van der Waals surface area contributed by atoms with Crippen molar-refractivity contribution in [1.29, 1.82) is 0 Å². The first-order valence-electron chi connectivity index (χ1n) is 4.45. The summed E-state index contributed by atoms with van der Waals surface area (Å²) < 4.78 is 0. The fraction of sp³-hybridized carbons (Fsp3) is 0.300. The van der Waals surface area contributed by atoms with Crippen LogP contribution in [0.15, 0.2) is 23.4 Å². The number of carbonyl (C=O) groups is 3. The molecule has 1 aliphatic carbocycles. The average Bonchev–Trinajstić information content (AvgIpc) is 2.43. The molecule has 1 heterocycles. The van der Waals surface area contributed by atoms with Gasteiger partial charge < -0.3 is 10.4 Å². The van der Waals surface area contributed by atoms with E-state index in [0.29, 0.717) is 11.3 Å². The van der Waals surface area contributed by atoms with Crippen molar-refractivity contribution in [3.05, 3.63) is 23.4 Å². The number of carbonyl (C=O) groups excluding carboxylic acids is 2. The SMILES string of the molecule is CC1(C(=O)O)CC2=CC(=O)C(=O)C=C2N1. The van der Waals surface area contributed by atoms with E-state index in [2.05, 4.69) is 5.32 Å². The van der Waals surface area contributed by atoms with Gasteiger partial charge >= 0.3 is 5.97 Å². The summed E-state index contributed by atoms with van der Waals surface area (Å²) in [5.41, 5.74) is -0.0863. The van der Waals surface area contributed by atoms with Crippen molar-refractivity contribution in [3.8, 4) is 0 Å². The number of rotatable bonds is 1. The highest BCUT2D eigenvalue weighted by Gasteiger charge is 2.42. The van der Waals surface area contributed by atoms with Crippen LogP contribution in [0.3, 0.4) is 0 Å². The molecule has 0 radical (unpaired) electrons. The lowest BCUT2D eigenvalue weighted by molar-refractivity contribution is -0.143. The normalized spacial score (nSPS) is 29.1. The van der Waals surface area contributed by atoms with Gasteiger partial charge in [-0.05, 0) is 18.6 Å². The van der Waals surface area contributed by atoms with Crippen LogP contribution in [0.4, 0.5) is 0 Å². The van der Waals surface area contributed by atoms with Gasteiger partial charge in [-0.15, -0.1) is 0 Å². The number of hydrogen-bond acceptors (Lipinski definition) is 4. The topological polar surface area (TPSA) is 83.5 Å². The lowest BCUT2D eigenvalue weighted by Gasteiger charge is -2.17. The molecule has 0 amide bonds. The number of aliphatic carboxylic acids is 1.